The van der Waals surface area contributed by atoms with E-state index in [4.69, 9.17) is 9.15 Å². The highest BCUT2D eigenvalue weighted by atomic mass is 32.1. The Morgan fingerprint density at radius 1 is 1.19 bits per heavy atom. The third-order valence-electron chi connectivity index (χ3n) is 4.65. The fourth-order valence-corrected chi connectivity index (χ4v) is 4.18. The number of nitrogens with zero attached hydrogens (tertiary/aromatic N) is 1. The topological polar surface area (TPSA) is 102 Å². The Morgan fingerprint density at radius 2 is 1.96 bits per heavy atom. The molecule has 27 heavy (non-hydrogen) atoms. The Balaban J connectivity index is 1.55. The van der Waals surface area contributed by atoms with Gasteiger partial charge in [-0.05, 0) is 37.1 Å². The number of para-hydroxylation sites is 1. The van der Waals surface area contributed by atoms with Gasteiger partial charge in [0.05, 0.1) is 22.2 Å². The minimum Gasteiger partial charge on any atom is -0.481 e. The molecule has 140 valence electrons. The molecule has 1 saturated heterocycles. The molecule has 3 aromatic rings. The molecule has 3 heterocycles. The quantitative estimate of drug-likeness (QED) is 0.698. The van der Waals surface area contributed by atoms with E-state index in [1.54, 1.807) is 12.1 Å². The second-order valence-electron chi connectivity index (χ2n) is 6.57. The minimum atomic E-state index is -0.952. The molecule has 1 aliphatic heterocycles. The van der Waals surface area contributed by atoms with Gasteiger partial charge in [0, 0.05) is 13.2 Å². The number of fused-ring (bicyclic) bond motifs is 1. The van der Waals surface area contributed by atoms with Crippen molar-refractivity contribution in [1.82, 2.24) is 10.3 Å². The number of aliphatic carboxylic acids is 1. The predicted octanol–water partition coefficient (Wildman–Crippen LogP) is 3.31. The van der Waals surface area contributed by atoms with Crippen LogP contribution >= 0.6 is 11.3 Å². The summed E-state index contributed by atoms with van der Waals surface area (Å²) in [4.78, 5) is 28.4. The summed E-state index contributed by atoms with van der Waals surface area (Å²) in [5, 5.41) is 12.8. The fraction of sp³-hybridized carbons (Fsp3) is 0.316. The molecule has 2 N–H and O–H groups in total. The van der Waals surface area contributed by atoms with Crippen LogP contribution in [-0.4, -0.2) is 40.7 Å². The molecule has 0 bridgehead atoms. The van der Waals surface area contributed by atoms with Crippen LogP contribution in [0.2, 0.25) is 0 Å². The molecule has 0 spiro atoms. The van der Waals surface area contributed by atoms with Crippen molar-refractivity contribution in [3.05, 3.63) is 42.2 Å². The third kappa shape index (κ3) is 3.72. The van der Waals surface area contributed by atoms with Crippen LogP contribution in [0.3, 0.4) is 0 Å². The molecule has 4 rings (SSSR count). The molecule has 7 nitrogen and oxygen atoms in total. The van der Waals surface area contributed by atoms with Gasteiger partial charge in [-0.1, -0.05) is 12.1 Å². The Bertz CT molecular complexity index is 954. The van der Waals surface area contributed by atoms with E-state index in [0.29, 0.717) is 36.8 Å². The summed E-state index contributed by atoms with van der Waals surface area (Å²) in [7, 11) is 0. The van der Waals surface area contributed by atoms with Crippen molar-refractivity contribution in [3.63, 3.8) is 0 Å². The summed E-state index contributed by atoms with van der Waals surface area (Å²) < 4.78 is 12.1. The van der Waals surface area contributed by atoms with Crippen LogP contribution in [-0.2, 0) is 9.53 Å². The molecular formula is C19H18N2O5S. The van der Waals surface area contributed by atoms with Crippen molar-refractivity contribution in [1.29, 1.82) is 0 Å². The number of hydrogen-bond acceptors (Lipinski definition) is 6. The molecule has 0 unspecified atom stereocenters. The molecule has 0 atom stereocenters. The average Bonchev–Trinajstić information content (AvgIpc) is 3.28. The standard InChI is InChI=1S/C19H18N2O5S/c22-16(23)11-19(7-9-25-10-8-19)21-17(24)13-5-6-14(26-13)18-20-12-3-1-2-4-15(12)27-18/h1-6H,7-11H2,(H,21,24)(H,22,23). The number of aromatic nitrogens is 1. The summed E-state index contributed by atoms with van der Waals surface area (Å²) in [6.45, 7) is 0.839. The second kappa shape index (κ2) is 7.13. The predicted molar refractivity (Wildman–Crippen MR) is 99.8 cm³/mol. The van der Waals surface area contributed by atoms with E-state index in [1.807, 2.05) is 24.3 Å². The Hall–Kier alpha value is -2.71. The van der Waals surface area contributed by atoms with Gasteiger partial charge < -0.3 is 19.6 Å². The maximum absolute atomic E-state index is 12.7. The maximum atomic E-state index is 12.7. The van der Waals surface area contributed by atoms with Gasteiger partial charge in [0.2, 0.25) is 0 Å². The average molecular weight is 386 g/mol. The summed E-state index contributed by atoms with van der Waals surface area (Å²) in [6.07, 6.45) is 0.764. The summed E-state index contributed by atoms with van der Waals surface area (Å²) in [6, 6.07) is 11.1. The number of carbonyl (C=O) groups is 2. The third-order valence-corrected chi connectivity index (χ3v) is 5.70. The van der Waals surface area contributed by atoms with Crippen molar-refractivity contribution in [2.75, 3.05) is 13.2 Å². The van der Waals surface area contributed by atoms with Crippen LogP contribution in [0, 0.1) is 0 Å². The maximum Gasteiger partial charge on any atom is 0.305 e. The van der Waals surface area contributed by atoms with E-state index in [0.717, 1.165) is 10.2 Å². The first kappa shape index (κ1) is 17.7. The number of carbonyl (C=O) groups excluding carboxylic acids is 1. The second-order valence-corrected chi connectivity index (χ2v) is 7.60. The highest BCUT2D eigenvalue weighted by Crippen LogP contribution is 2.31. The zero-order valence-corrected chi connectivity index (χ0v) is 15.3. The Labute approximate surface area is 159 Å². The molecule has 1 fully saturated rings. The van der Waals surface area contributed by atoms with Crippen molar-refractivity contribution < 1.29 is 23.8 Å². The normalized spacial score (nSPS) is 16.3. The first-order chi connectivity index (χ1) is 13.0. The van der Waals surface area contributed by atoms with Gasteiger partial charge in [-0.15, -0.1) is 11.3 Å². The molecule has 8 heteroatoms. The molecule has 1 amide bonds. The minimum absolute atomic E-state index is 0.139. The van der Waals surface area contributed by atoms with Gasteiger partial charge in [-0.25, -0.2) is 4.98 Å². The number of carboxylic acids is 1. The zero-order chi connectivity index (χ0) is 18.9. The molecule has 0 aliphatic carbocycles. The van der Waals surface area contributed by atoms with Gasteiger partial charge in [0.1, 0.15) is 0 Å². The number of nitrogens with one attached hydrogen (secondary N) is 1. The number of ether oxygens (including phenoxy) is 1. The number of thiazole rings is 1. The first-order valence-electron chi connectivity index (χ1n) is 8.63. The molecule has 0 saturated carbocycles. The Morgan fingerprint density at radius 3 is 2.70 bits per heavy atom. The van der Waals surface area contributed by atoms with Crippen LogP contribution in [0.5, 0.6) is 0 Å². The lowest BCUT2D eigenvalue weighted by molar-refractivity contribution is -0.139. The van der Waals surface area contributed by atoms with E-state index < -0.39 is 17.4 Å². The van der Waals surface area contributed by atoms with Gasteiger partial charge >= 0.3 is 5.97 Å². The van der Waals surface area contributed by atoms with Crippen LogP contribution in [0.15, 0.2) is 40.8 Å². The number of amides is 1. The zero-order valence-electron chi connectivity index (χ0n) is 14.4. The van der Waals surface area contributed by atoms with Crippen molar-refractivity contribution in [2.24, 2.45) is 0 Å². The van der Waals surface area contributed by atoms with E-state index in [2.05, 4.69) is 10.3 Å². The number of furan rings is 1. The van der Waals surface area contributed by atoms with Crippen LogP contribution < -0.4 is 5.32 Å². The largest absolute Gasteiger partial charge is 0.481 e. The lowest BCUT2D eigenvalue weighted by Gasteiger charge is -2.36. The summed E-state index contributed by atoms with van der Waals surface area (Å²) in [5.41, 5.74) is 0.0618. The van der Waals surface area contributed by atoms with E-state index >= 15 is 0 Å². The number of carboxylic acid groups (broad SMARTS) is 1. The first-order valence-corrected chi connectivity index (χ1v) is 9.44. The fourth-order valence-electron chi connectivity index (χ4n) is 3.25. The van der Waals surface area contributed by atoms with Gasteiger partial charge in [0.15, 0.2) is 16.5 Å². The molecule has 1 aliphatic rings. The SMILES string of the molecule is O=C(O)CC1(NC(=O)c2ccc(-c3nc4ccccc4s3)o2)CCOCC1. The van der Waals surface area contributed by atoms with Crippen molar-refractivity contribution >= 4 is 33.4 Å². The van der Waals surface area contributed by atoms with Gasteiger partial charge in [-0.2, -0.15) is 0 Å². The van der Waals surface area contributed by atoms with Crippen molar-refractivity contribution in [3.8, 4) is 10.8 Å². The summed E-state index contributed by atoms with van der Waals surface area (Å²) >= 11 is 1.49. The Kier molecular flexibility index (Phi) is 4.67. The van der Waals surface area contributed by atoms with Crippen LogP contribution in [0.25, 0.3) is 21.0 Å². The lowest BCUT2D eigenvalue weighted by Crippen LogP contribution is -2.53. The smallest absolute Gasteiger partial charge is 0.305 e. The van der Waals surface area contributed by atoms with Crippen molar-refractivity contribution in [2.45, 2.75) is 24.8 Å². The highest BCUT2D eigenvalue weighted by molar-refractivity contribution is 7.21. The van der Waals surface area contributed by atoms with E-state index in [1.165, 1.54) is 11.3 Å². The monoisotopic (exact) mass is 386 g/mol. The molecular weight excluding hydrogens is 368 g/mol. The molecule has 2 aromatic heterocycles. The number of rotatable bonds is 5. The van der Waals surface area contributed by atoms with Gasteiger partial charge in [0.25, 0.3) is 5.91 Å². The number of benzene rings is 1. The van der Waals surface area contributed by atoms with Gasteiger partial charge in [-0.3, -0.25) is 9.59 Å². The molecule has 0 radical (unpaired) electrons. The van der Waals surface area contributed by atoms with E-state index in [-0.39, 0.29) is 12.2 Å². The van der Waals surface area contributed by atoms with E-state index in [9.17, 15) is 14.7 Å². The number of hydrogen-bond donors (Lipinski definition) is 2. The lowest BCUT2D eigenvalue weighted by atomic mass is 9.86. The summed E-state index contributed by atoms with van der Waals surface area (Å²) in [5.74, 6) is -0.724. The molecule has 1 aromatic carbocycles. The highest BCUT2D eigenvalue weighted by Gasteiger charge is 2.37. The van der Waals surface area contributed by atoms with Crippen LogP contribution in [0.1, 0.15) is 29.8 Å². The van der Waals surface area contributed by atoms with Crippen LogP contribution in [0.4, 0.5) is 0 Å².